The topological polar surface area (TPSA) is 64.8 Å². The van der Waals surface area contributed by atoms with E-state index < -0.39 is 18.0 Å². The first kappa shape index (κ1) is 24.6. The SMILES string of the molecule is Fc1cccc(F)c1N1CS/C1=N/N=C\c1ccc(C2=NCN(c3ccc(OC(F)(F)F)cc3)N2)cc1. The van der Waals surface area contributed by atoms with Crippen molar-refractivity contribution in [1.29, 1.82) is 0 Å². The van der Waals surface area contributed by atoms with Crippen LogP contribution in [0.5, 0.6) is 5.75 Å². The molecule has 37 heavy (non-hydrogen) atoms. The van der Waals surface area contributed by atoms with Crippen LogP contribution in [0, 0.1) is 11.6 Å². The van der Waals surface area contributed by atoms with Crippen molar-refractivity contribution in [3.63, 3.8) is 0 Å². The van der Waals surface area contributed by atoms with E-state index in [2.05, 4.69) is 25.4 Å². The highest BCUT2D eigenvalue weighted by Gasteiger charge is 2.31. The van der Waals surface area contributed by atoms with Crippen LogP contribution in [0.4, 0.5) is 33.3 Å². The van der Waals surface area contributed by atoms with E-state index >= 15 is 0 Å². The summed E-state index contributed by atoms with van der Waals surface area (Å²) in [6, 6.07) is 16.4. The van der Waals surface area contributed by atoms with Crippen LogP contribution in [0.15, 0.2) is 81.9 Å². The summed E-state index contributed by atoms with van der Waals surface area (Å²) in [5, 5.41) is 10.2. The standard InChI is InChI=1S/C24H17F5N6OS/c25-19-2-1-3-20(26)21(19)34-14-37-23(34)32-31-12-15-4-6-16(7-5-15)22-30-13-35(33-22)17-8-10-18(11-9-17)36-24(27,28)29/h1-12H,13-14H2,(H,30,33)/b31-12-,32-23+. The summed E-state index contributed by atoms with van der Waals surface area (Å²) in [5.74, 6) is -0.669. The van der Waals surface area contributed by atoms with E-state index in [1.165, 1.54) is 65.3 Å². The minimum atomic E-state index is -4.75. The Labute approximate surface area is 211 Å². The summed E-state index contributed by atoms with van der Waals surface area (Å²) in [5.41, 5.74) is 5.12. The molecular weight excluding hydrogens is 515 g/mol. The van der Waals surface area contributed by atoms with Gasteiger partial charge in [-0.25, -0.2) is 13.8 Å². The van der Waals surface area contributed by atoms with Gasteiger partial charge in [0.2, 0.25) is 0 Å². The van der Waals surface area contributed by atoms with Crippen LogP contribution in [0.25, 0.3) is 0 Å². The van der Waals surface area contributed by atoms with Crippen LogP contribution in [0.1, 0.15) is 11.1 Å². The molecule has 0 radical (unpaired) electrons. The van der Waals surface area contributed by atoms with Crippen LogP contribution in [0.2, 0.25) is 0 Å². The number of alkyl halides is 3. The van der Waals surface area contributed by atoms with Gasteiger partial charge in [0.15, 0.2) is 5.17 Å². The third kappa shape index (κ3) is 5.66. The summed E-state index contributed by atoms with van der Waals surface area (Å²) in [4.78, 5) is 5.84. The molecule has 0 bridgehead atoms. The smallest absolute Gasteiger partial charge is 0.406 e. The molecule has 0 aliphatic carbocycles. The minimum absolute atomic E-state index is 0.149. The van der Waals surface area contributed by atoms with Gasteiger partial charge >= 0.3 is 6.36 Å². The average molecular weight is 532 g/mol. The fourth-order valence-corrected chi connectivity index (χ4v) is 4.22. The highest BCUT2D eigenvalue weighted by molar-refractivity contribution is 8.16. The zero-order chi connectivity index (χ0) is 26.0. The van der Waals surface area contributed by atoms with Crippen molar-refractivity contribution in [1.82, 2.24) is 5.43 Å². The predicted octanol–water partition coefficient (Wildman–Crippen LogP) is 5.49. The maximum absolute atomic E-state index is 14.0. The first-order valence-corrected chi connectivity index (χ1v) is 11.8. The molecule has 5 rings (SSSR count). The molecule has 190 valence electrons. The van der Waals surface area contributed by atoms with E-state index in [0.29, 0.717) is 22.6 Å². The number of nitrogens with zero attached hydrogens (tertiary/aromatic N) is 5. The zero-order valence-electron chi connectivity index (χ0n) is 18.8. The van der Waals surface area contributed by atoms with Crippen molar-refractivity contribution in [3.8, 4) is 5.75 Å². The summed E-state index contributed by atoms with van der Waals surface area (Å²) >= 11 is 1.32. The Balaban J connectivity index is 1.18. The number of amidine groups is 2. The number of nitrogens with one attached hydrogen (secondary N) is 1. The van der Waals surface area contributed by atoms with E-state index in [9.17, 15) is 22.0 Å². The normalized spacial score (nSPS) is 16.7. The van der Waals surface area contributed by atoms with Gasteiger partial charge in [0.25, 0.3) is 0 Å². The number of anilines is 2. The van der Waals surface area contributed by atoms with Crippen LogP contribution in [-0.2, 0) is 0 Å². The molecule has 2 aliphatic rings. The van der Waals surface area contributed by atoms with Crippen molar-refractivity contribution < 1.29 is 26.7 Å². The molecule has 1 fully saturated rings. The Kier molecular flexibility index (Phi) is 6.70. The van der Waals surface area contributed by atoms with Gasteiger partial charge in [-0.3, -0.25) is 10.4 Å². The van der Waals surface area contributed by atoms with E-state index in [4.69, 9.17) is 0 Å². The molecule has 0 aromatic heterocycles. The monoisotopic (exact) mass is 532 g/mol. The second kappa shape index (κ2) is 10.1. The van der Waals surface area contributed by atoms with Crippen molar-refractivity contribution in [2.24, 2.45) is 15.2 Å². The summed E-state index contributed by atoms with van der Waals surface area (Å²) < 4.78 is 68.9. The highest BCUT2D eigenvalue weighted by atomic mass is 32.2. The molecule has 0 unspecified atom stereocenters. The maximum Gasteiger partial charge on any atom is 0.573 e. The van der Waals surface area contributed by atoms with Crippen molar-refractivity contribution in [3.05, 3.63) is 89.5 Å². The maximum atomic E-state index is 14.0. The third-order valence-corrected chi connectivity index (χ3v) is 6.24. The molecule has 7 nitrogen and oxygen atoms in total. The number of hydrazine groups is 1. The van der Waals surface area contributed by atoms with Crippen molar-refractivity contribution in [2.45, 2.75) is 6.36 Å². The number of benzene rings is 3. The minimum Gasteiger partial charge on any atom is -0.406 e. The molecular formula is C24H17F5N6OS. The van der Waals surface area contributed by atoms with Gasteiger partial charge in [0.1, 0.15) is 35.6 Å². The molecule has 1 N–H and O–H groups in total. The molecule has 0 amide bonds. The Hall–Kier alpha value is -4.13. The van der Waals surface area contributed by atoms with E-state index in [0.717, 1.165) is 11.1 Å². The number of ether oxygens (including phenoxy) is 1. The number of hydrogen-bond acceptors (Lipinski definition) is 7. The average Bonchev–Trinajstić information content (AvgIpc) is 3.33. The lowest BCUT2D eigenvalue weighted by Gasteiger charge is -2.32. The summed E-state index contributed by atoms with van der Waals surface area (Å²) in [7, 11) is 0. The number of rotatable bonds is 6. The number of para-hydroxylation sites is 1. The Morgan fingerprint density at radius 2 is 1.68 bits per heavy atom. The Morgan fingerprint density at radius 3 is 2.30 bits per heavy atom. The number of aliphatic imine (C=N–C) groups is 1. The summed E-state index contributed by atoms with van der Waals surface area (Å²) in [6.07, 6.45) is -3.22. The molecule has 3 aromatic carbocycles. The largest absolute Gasteiger partial charge is 0.573 e. The highest BCUT2D eigenvalue weighted by Crippen LogP contribution is 2.34. The van der Waals surface area contributed by atoms with Crippen molar-refractivity contribution >= 4 is 40.4 Å². The Morgan fingerprint density at radius 1 is 0.973 bits per heavy atom. The second-order valence-electron chi connectivity index (χ2n) is 7.75. The lowest BCUT2D eigenvalue weighted by molar-refractivity contribution is -0.274. The first-order chi connectivity index (χ1) is 17.8. The van der Waals surface area contributed by atoms with E-state index in [-0.39, 0.29) is 18.1 Å². The number of hydrogen-bond donors (Lipinski definition) is 1. The third-order valence-electron chi connectivity index (χ3n) is 5.29. The van der Waals surface area contributed by atoms with Gasteiger partial charge in [-0.15, -0.1) is 18.3 Å². The zero-order valence-corrected chi connectivity index (χ0v) is 19.6. The van der Waals surface area contributed by atoms with Crippen LogP contribution >= 0.6 is 11.8 Å². The second-order valence-corrected chi connectivity index (χ2v) is 8.66. The van der Waals surface area contributed by atoms with Crippen molar-refractivity contribution in [2.75, 3.05) is 22.5 Å². The molecule has 0 atom stereocenters. The molecule has 0 spiro atoms. The number of halogens is 5. The summed E-state index contributed by atoms with van der Waals surface area (Å²) in [6.45, 7) is 0.270. The van der Waals surface area contributed by atoms with Crippen LogP contribution in [-0.4, -0.2) is 36.1 Å². The fraction of sp³-hybridized carbons (Fsp3) is 0.125. The molecule has 13 heteroatoms. The fourth-order valence-electron chi connectivity index (χ4n) is 3.52. The van der Waals surface area contributed by atoms with Gasteiger partial charge in [0.05, 0.1) is 17.8 Å². The van der Waals surface area contributed by atoms with E-state index in [1.807, 2.05) is 12.1 Å². The molecule has 1 saturated heterocycles. The van der Waals surface area contributed by atoms with Gasteiger partial charge in [0, 0.05) is 5.56 Å². The van der Waals surface area contributed by atoms with Crippen LogP contribution < -0.4 is 20.1 Å². The van der Waals surface area contributed by atoms with Gasteiger partial charge in [-0.05, 0) is 42.0 Å². The number of thioether (sulfide) groups is 1. The molecule has 3 aromatic rings. The Bertz CT molecular complexity index is 1360. The molecule has 2 heterocycles. The molecule has 0 saturated carbocycles. The quantitative estimate of drug-likeness (QED) is 0.258. The first-order valence-electron chi connectivity index (χ1n) is 10.8. The lowest BCUT2D eigenvalue weighted by Crippen LogP contribution is -2.39. The van der Waals surface area contributed by atoms with Gasteiger partial charge in [-0.1, -0.05) is 42.1 Å². The lowest BCUT2D eigenvalue weighted by atomic mass is 10.1. The van der Waals surface area contributed by atoms with E-state index in [1.54, 1.807) is 17.1 Å². The van der Waals surface area contributed by atoms with Gasteiger partial charge in [-0.2, -0.15) is 5.10 Å². The van der Waals surface area contributed by atoms with Crippen LogP contribution in [0.3, 0.4) is 0 Å². The van der Waals surface area contributed by atoms with Gasteiger partial charge < -0.3 is 9.64 Å². The molecule has 2 aliphatic heterocycles. The predicted molar refractivity (Wildman–Crippen MR) is 133 cm³/mol.